The smallest absolute Gasteiger partial charge is 0.250 e. The molecule has 1 amide bonds. The highest BCUT2D eigenvalue weighted by atomic mass is 32.1. The average molecular weight is 487 g/mol. The topological polar surface area (TPSA) is 69.7 Å². The van der Waals surface area contributed by atoms with Crippen LogP contribution in [0.1, 0.15) is 16.7 Å². The maximum atomic E-state index is 12.4. The van der Waals surface area contributed by atoms with Gasteiger partial charge in [0.2, 0.25) is 5.91 Å². The van der Waals surface area contributed by atoms with Crippen LogP contribution in [0.3, 0.4) is 0 Å². The first kappa shape index (κ1) is 24.0. The second-order valence-corrected chi connectivity index (χ2v) is 8.57. The van der Waals surface area contributed by atoms with Crippen molar-refractivity contribution in [3.8, 4) is 28.5 Å². The molecule has 0 unspecified atom stereocenters. The lowest BCUT2D eigenvalue weighted by molar-refractivity contribution is -0.111. The number of hydrogen-bond donors (Lipinski definition) is 1. The number of anilines is 1. The molecule has 1 N–H and O–H groups in total. The number of ether oxygens (including phenoxy) is 3. The summed E-state index contributed by atoms with van der Waals surface area (Å²) in [5.41, 5.74) is 4.86. The molecule has 0 aliphatic heterocycles. The predicted octanol–water partition coefficient (Wildman–Crippen LogP) is 6.37. The van der Waals surface area contributed by atoms with E-state index in [1.54, 1.807) is 20.3 Å². The van der Waals surface area contributed by atoms with Crippen molar-refractivity contribution in [1.29, 1.82) is 0 Å². The van der Waals surface area contributed by atoms with Gasteiger partial charge in [-0.25, -0.2) is 4.98 Å². The molecule has 6 nitrogen and oxygen atoms in total. The molecule has 35 heavy (non-hydrogen) atoms. The zero-order valence-corrected chi connectivity index (χ0v) is 20.6. The van der Waals surface area contributed by atoms with E-state index < -0.39 is 0 Å². The Balaban J connectivity index is 1.37. The van der Waals surface area contributed by atoms with Gasteiger partial charge in [0.05, 0.1) is 19.9 Å². The molecular weight excluding hydrogens is 460 g/mol. The van der Waals surface area contributed by atoms with Crippen molar-refractivity contribution >= 4 is 28.5 Å². The largest absolute Gasteiger partial charge is 0.497 e. The molecule has 7 heteroatoms. The van der Waals surface area contributed by atoms with Gasteiger partial charge in [-0.3, -0.25) is 10.1 Å². The number of aryl methyl sites for hydroxylation is 1. The monoisotopic (exact) mass is 486 g/mol. The first-order valence-electron chi connectivity index (χ1n) is 11.0. The molecule has 0 atom stereocenters. The molecule has 178 valence electrons. The number of methoxy groups -OCH3 is 2. The Morgan fingerprint density at radius 2 is 1.80 bits per heavy atom. The van der Waals surface area contributed by atoms with E-state index in [-0.39, 0.29) is 5.91 Å². The number of carbonyl (C=O) groups excluding carboxylic acids is 1. The predicted molar refractivity (Wildman–Crippen MR) is 140 cm³/mol. The summed E-state index contributed by atoms with van der Waals surface area (Å²) in [4.78, 5) is 16.9. The zero-order chi connectivity index (χ0) is 24.6. The van der Waals surface area contributed by atoms with Crippen LogP contribution in [0, 0.1) is 6.92 Å². The van der Waals surface area contributed by atoms with Gasteiger partial charge in [-0.15, -0.1) is 11.3 Å². The standard InChI is InChI=1S/C28H26N2O4S/c1-19-6-4-5-7-22(19)17-34-25-14-8-20(16-26(25)33-3)9-15-27(31)30-28-29-24(18-35-28)21-10-12-23(32-2)13-11-21/h4-16,18H,17H2,1-3H3,(H,29,30,31). The fraction of sp³-hybridized carbons (Fsp3) is 0.143. The Morgan fingerprint density at radius 3 is 2.54 bits per heavy atom. The van der Waals surface area contributed by atoms with Crippen molar-refractivity contribution < 1.29 is 19.0 Å². The number of nitrogens with zero attached hydrogens (tertiary/aromatic N) is 1. The van der Waals surface area contributed by atoms with Crippen LogP contribution >= 0.6 is 11.3 Å². The summed E-state index contributed by atoms with van der Waals surface area (Å²) in [5, 5.41) is 5.24. The van der Waals surface area contributed by atoms with Gasteiger partial charge in [0, 0.05) is 17.0 Å². The van der Waals surface area contributed by atoms with Crippen molar-refractivity contribution in [1.82, 2.24) is 4.98 Å². The lowest BCUT2D eigenvalue weighted by Gasteiger charge is -2.12. The maximum absolute atomic E-state index is 12.4. The summed E-state index contributed by atoms with van der Waals surface area (Å²) in [6.07, 6.45) is 3.19. The molecule has 1 aromatic heterocycles. The first-order valence-corrected chi connectivity index (χ1v) is 11.9. The van der Waals surface area contributed by atoms with Gasteiger partial charge in [-0.1, -0.05) is 30.3 Å². The van der Waals surface area contributed by atoms with Crippen molar-refractivity contribution in [2.45, 2.75) is 13.5 Å². The van der Waals surface area contributed by atoms with Crippen LogP contribution in [-0.2, 0) is 11.4 Å². The van der Waals surface area contributed by atoms with E-state index in [0.717, 1.165) is 28.1 Å². The van der Waals surface area contributed by atoms with E-state index in [4.69, 9.17) is 14.2 Å². The highest BCUT2D eigenvalue weighted by Gasteiger charge is 2.09. The SMILES string of the molecule is COc1ccc(-c2csc(NC(=O)C=Cc3ccc(OCc4ccccc4C)c(OC)c3)n2)cc1. The fourth-order valence-electron chi connectivity index (χ4n) is 3.38. The summed E-state index contributed by atoms with van der Waals surface area (Å²) in [6.45, 7) is 2.51. The van der Waals surface area contributed by atoms with Crippen LogP contribution in [0.15, 0.2) is 78.2 Å². The number of rotatable bonds is 9. The third kappa shape index (κ3) is 6.28. The van der Waals surface area contributed by atoms with E-state index in [9.17, 15) is 4.79 Å². The van der Waals surface area contributed by atoms with Gasteiger partial charge < -0.3 is 14.2 Å². The van der Waals surface area contributed by atoms with E-state index in [0.29, 0.717) is 23.2 Å². The van der Waals surface area contributed by atoms with Gasteiger partial charge in [-0.2, -0.15) is 0 Å². The first-order chi connectivity index (χ1) is 17.1. The van der Waals surface area contributed by atoms with E-state index in [1.165, 1.54) is 23.0 Å². The number of hydrogen-bond acceptors (Lipinski definition) is 6. The minimum absolute atomic E-state index is 0.264. The number of nitrogens with one attached hydrogen (secondary N) is 1. The lowest BCUT2D eigenvalue weighted by Crippen LogP contribution is -2.07. The zero-order valence-electron chi connectivity index (χ0n) is 19.8. The molecule has 4 aromatic rings. The van der Waals surface area contributed by atoms with Crippen LogP contribution in [0.25, 0.3) is 17.3 Å². The van der Waals surface area contributed by atoms with E-state index >= 15 is 0 Å². The third-order valence-corrected chi connectivity index (χ3v) is 6.14. The Morgan fingerprint density at radius 1 is 1.00 bits per heavy atom. The van der Waals surface area contributed by atoms with Gasteiger partial charge in [-0.05, 0) is 66.1 Å². The van der Waals surface area contributed by atoms with Crippen LogP contribution in [0.2, 0.25) is 0 Å². The third-order valence-electron chi connectivity index (χ3n) is 5.38. The molecule has 4 rings (SSSR count). The molecule has 3 aromatic carbocycles. The summed E-state index contributed by atoms with van der Waals surface area (Å²) >= 11 is 1.37. The molecule has 0 saturated heterocycles. The number of amides is 1. The normalized spacial score (nSPS) is 10.8. The van der Waals surface area contributed by atoms with Crippen molar-refractivity contribution in [3.63, 3.8) is 0 Å². The van der Waals surface area contributed by atoms with Crippen LogP contribution < -0.4 is 19.5 Å². The summed E-state index contributed by atoms with van der Waals surface area (Å²) in [5.74, 6) is 1.76. The second kappa shape index (κ2) is 11.4. The van der Waals surface area contributed by atoms with Crippen LogP contribution in [0.5, 0.6) is 17.2 Å². The quantitative estimate of drug-likeness (QED) is 0.279. The second-order valence-electron chi connectivity index (χ2n) is 7.71. The molecule has 1 heterocycles. The summed E-state index contributed by atoms with van der Waals surface area (Å²) < 4.78 is 16.6. The number of benzene rings is 3. The van der Waals surface area contributed by atoms with Gasteiger partial charge >= 0.3 is 0 Å². The fourth-order valence-corrected chi connectivity index (χ4v) is 4.10. The van der Waals surface area contributed by atoms with Crippen LogP contribution in [-0.4, -0.2) is 25.1 Å². The Labute approximate surface area is 208 Å². The Kier molecular flexibility index (Phi) is 7.80. The lowest BCUT2D eigenvalue weighted by atomic mass is 10.1. The molecule has 0 aliphatic carbocycles. The van der Waals surface area contributed by atoms with Gasteiger partial charge in [0.1, 0.15) is 12.4 Å². The molecule has 0 fully saturated rings. The Hall–Kier alpha value is -4.10. The van der Waals surface area contributed by atoms with Crippen molar-refractivity contribution in [2.24, 2.45) is 0 Å². The molecule has 0 saturated carbocycles. The molecule has 0 radical (unpaired) electrons. The molecule has 0 spiro atoms. The number of carbonyl (C=O) groups is 1. The van der Waals surface area contributed by atoms with Gasteiger partial charge in [0.25, 0.3) is 0 Å². The molecule has 0 aliphatic rings. The summed E-state index contributed by atoms with van der Waals surface area (Å²) in [6, 6.07) is 21.3. The number of thiazole rings is 1. The van der Waals surface area contributed by atoms with Crippen molar-refractivity contribution in [3.05, 3.63) is 94.9 Å². The highest BCUT2D eigenvalue weighted by Crippen LogP contribution is 2.30. The Bertz CT molecular complexity index is 1330. The molecular formula is C28H26N2O4S. The van der Waals surface area contributed by atoms with E-state index in [2.05, 4.69) is 23.3 Å². The average Bonchev–Trinajstić information content (AvgIpc) is 3.35. The number of aromatic nitrogens is 1. The summed E-state index contributed by atoms with van der Waals surface area (Å²) in [7, 11) is 3.23. The maximum Gasteiger partial charge on any atom is 0.250 e. The van der Waals surface area contributed by atoms with Crippen molar-refractivity contribution in [2.75, 3.05) is 19.5 Å². The minimum atomic E-state index is -0.264. The van der Waals surface area contributed by atoms with E-state index in [1.807, 2.05) is 66.0 Å². The molecule has 0 bridgehead atoms. The van der Waals surface area contributed by atoms with Gasteiger partial charge in [0.15, 0.2) is 16.6 Å². The minimum Gasteiger partial charge on any atom is -0.497 e. The van der Waals surface area contributed by atoms with Crippen LogP contribution in [0.4, 0.5) is 5.13 Å². The highest BCUT2D eigenvalue weighted by molar-refractivity contribution is 7.14.